The molecule has 0 fully saturated rings. The molecule has 0 aromatic carbocycles. The average Bonchev–Trinajstić information content (AvgIpc) is 2.42. The Bertz CT molecular complexity index is 352. The third kappa shape index (κ3) is 2.07. The van der Waals surface area contributed by atoms with Crippen molar-refractivity contribution >= 4 is 0 Å². The minimum Gasteiger partial charge on any atom is -0.332 e. The van der Waals surface area contributed by atoms with Crippen LogP contribution in [0.25, 0.3) is 0 Å². The Labute approximate surface area is 91.7 Å². The van der Waals surface area contributed by atoms with Crippen LogP contribution in [0.1, 0.15) is 37.5 Å². The fourth-order valence-corrected chi connectivity index (χ4v) is 2.36. The molecule has 1 aliphatic heterocycles. The monoisotopic (exact) mass is 207 g/mol. The molecule has 3 nitrogen and oxygen atoms in total. The fraction of sp³-hybridized carbons (Fsp3) is 0.750. The summed E-state index contributed by atoms with van der Waals surface area (Å²) in [5.41, 5.74) is 8.53. The molecule has 3 heteroatoms. The van der Waals surface area contributed by atoms with Gasteiger partial charge in [0.25, 0.3) is 0 Å². The molecule has 0 saturated carbocycles. The highest BCUT2D eigenvalue weighted by Gasteiger charge is 2.21. The summed E-state index contributed by atoms with van der Waals surface area (Å²) in [6.45, 7) is 7.64. The van der Waals surface area contributed by atoms with Gasteiger partial charge in [0.15, 0.2) is 0 Å². The lowest BCUT2D eigenvalue weighted by atomic mass is 10.0. The maximum absolute atomic E-state index is 5.99. The zero-order valence-corrected chi connectivity index (χ0v) is 9.95. The molecule has 2 heterocycles. The molecule has 1 aromatic heterocycles. The van der Waals surface area contributed by atoms with Crippen LogP contribution in [0.3, 0.4) is 0 Å². The van der Waals surface area contributed by atoms with Gasteiger partial charge in [-0.05, 0) is 19.3 Å². The lowest BCUT2D eigenvalue weighted by molar-refractivity contribution is 0.450. The lowest BCUT2D eigenvalue weighted by Gasteiger charge is -2.22. The van der Waals surface area contributed by atoms with Gasteiger partial charge in [-0.25, -0.2) is 4.98 Å². The van der Waals surface area contributed by atoms with Crippen molar-refractivity contribution in [1.82, 2.24) is 9.55 Å². The number of nitrogens with two attached hydrogens (primary N) is 1. The summed E-state index contributed by atoms with van der Waals surface area (Å²) in [6.07, 6.45) is 3.17. The second-order valence-corrected chi connectivity index (χ2v) is 5.06. The van der Waals surface area contributed by atoms with Gasteiger partial charge < -0.3 is 10.3 Å². The molecule has 0 saturated heterocycles. The summed E-state index contributed by atoms with van der Waals surface area (Å²) in [6, 6.07) is 0.333. The Morgan fingerprint density at radius 2 is 2.27 bits per heavy atom. The van der Waals surface area contributed by atoms with Crippen LogP contribution in [-0.4, -0.2) is 15.6 Å². The van der Waals surface area contributed by atoms with E-state index in [1.165, 1.54) is 17.2 Å². The van der Waals surface area contributed by atoms with Crippen molar-refractivity contribution in [3.05, 3.63) is 17.2 Å². The number of aryl methyl sites for hydroxylation is 1. The summed E-state index contributed by atoms with van der Waals surface area (Å²) in [5, 5.41) is 0. The van der Waals surface area contributed by atoms with Crippen molar-refractivity contribution in [2.75, 3.05) is 0 Å². The highest BCUT2D eigenvalue weighted by Crippen LogP contribution is 2.21. The van der Waals surface area contributed by atoms with Gasteiger partial charge in [0, 0.05) is 31.1 Å². The van der Waals surface area contributed by atoms with E-state index in [0.29, 0.717) is 12.0 Å². The van der Waals surface area contributed by atoms with Crippen LogP contribution >= 0.6 is 0 Å². The number of rotatable bonds is 2. The molecule has 0 aliphatic carbocycles. The van der Waals surface area contributed by atoms with Gasteiger partial charge in [-0.3, -0.25) is 0 Å². The van der Waals surface area contributed by atoms with Crippen molar-refractivity contribution < 1.29 is 0 Å². The van der Waals surface area contributed by atoms with E-state index in [-0.39, 0.29) is 0 Å². The van der Waals surface area contributed by atoms with E-state index >= 15 is 0 Å². The molecular formula is C12H21N3. The van der Waals surface area contributed by atoms with Crippen molar-refractivity contribution in [1.29, 1.82) is 0 Å². The summed E-state index contributed by atoms with van der Waals surface area (Å²) in [4.78, 5) is 4.67. The van der Waals surface area contributed by atoms with Gasteiger partial charge in [0.2, 0.25) is 0 Å². The lowest BCUT2D eigenvalue weighted by Crippen LogP contribution is -2.31. The first-order chi connectivity index (χ1) is 7.08. The first kappa shape index (κ1) is 10.7. The highest BCUT2D eigenvalue weighted by atomic mass is 15.1. The minimum absolute atomic E-state index is 0.333. The molecule has 15 heavy (non-hydrogen) atoms. The van der Waals surface area contributed by atoms with Crippen molar-refractivity contribution in [3.63, 3.8) is 0 Å². The van der Waals surface area contributed by atoms with Crippen LogP contribution < -0.4 is 5.73 Å². The third-order valence-corrected chi connectivity index (χ3v) is 3.12. The smallest absolute Gasteiger partial charge is 0.109 e. The summed E-state index contributed by atoms with van der Waals surface area (Å²) in [7, 11) is 0. The quantitative estimate of drug-likeness (QED) is 0.801. The highest BCUT2D eigenvalue weighted by molar-refractivity contribution is 5.19. The van der Waals surface area contributed by atoms with Crippen molar-refractivity contribution in [3.8, 4) is 0 Å². The number of aromatic nitrogens is 2. The molecule has 0 bridgehead atoms. The zero-order chi connectivity index (χ0) is 11.0. The molecule has 2 N–H and O–H groups in total. The van der Waals surface area contributed by atoms with Gasteiger partial charge in [-0.2, -0.15) is 0 Å². The summed E-state index contributed by atoms with van der Waals surface area (Å²) >= 11 is 0. The van der Waals surface area contributed by atoms with E-state index in [4.69, 9.17) is 5.73 Å². The maximum Gasteiger partial charge on any atom is 0.109 e. The number of nitrogens with zero attached hydrogens (tertiary/aromatic N) is 2. The van der Waals surface area contributed by atoms with E-state index in [1.807, 2.05) is 0 Å². The van der Waals surface area contributed by atoms with Gasteiger partial charge in [-0.1, -0.05) is 13.8 Å². The molecule has 1 aromatic rings. The standard InChI is InChI=1S/C12H21N3/c1-8(2)6-12-14-9(3)11-7-10(13)4-5-15(11)12/h8,10H,4-7,13H2,1-3H3. The van der Waals surface area contributed by atoms with Crippen LogP contribution in [0, 0.1) is 12.8 Å². The Morgan fingerprint density at radius 3 is 2.93 bits per heavy atom. The Hall–Kier alpha value is -0.830. The Kier molecular flexibility index (Phi) is 2.83. The Morgan fingerprint density at radius 1 is 1.53 bits per heavy atom. The van der Waals surface area contributed by atoms with Gasteiger partial charge >= 0.3 is 0 Å². The first-order valence-electron chi connectivity index (χ1n) is 5.88. The van der Waals surface area contributed by atoms with Crippen LogP contribution in [0.4, 0.5) is 0 Å². The molecule has 0 spiro atoms. The van der Waals surface area contributed by atoms with Crippen LogP contribution in [0.2, 0.25) is 0 Å². The Balaban J connectivity index is 2.31. The van der Waals surface area contributed by atoms with Crippen LogP contribution in [-0.2, 0) is 19.4 Å². The van der Waals surface area contributed by atoms with Gasteiger partial charge in [0.1, 0.15) is 5.82 Å². The number of hydrogen-bond acceptors (Lipinski definition) is 2. The van der Waals surface area contributed by atoms with E-state index in [2.05, 4.69) is 30.3 Å². The van der Waals surface area contributed by atoms with E-state index in [0.717, 1.165) is 25.8 Å². The molecule has 84 valence electrons. The molecule has 1 atom stereocenters. The molecule has 2 rings (SSSR count). The predicted octanol–water partition coefficient (Wildman–Crippen LogP) is 1.66. The third-order valence-electron chi connectivity index (χ3n) is 3.12. The minimum atomic E-state index is 0.333. The molecule has 1 aliphatic rings. The largest absolute Gasteiger partial charge is 0.332 e. The maximum atomic E-state index is 5.99. The second kappa shape index (κ2) is 3.97. The number of hydrogen-bond donors (Lipinski definition) is 1. The van der Waals surface area contributed by atoms with E-state index in [9.17, 15) is 0 Å². The normalized spacial score (nSPS) is 20.7. The second-order valence-electron chi connectivity index (χ2n) is 5.06. The van der Waals surface area contributed by atoms with E-state index in [1.54, 1.807) is 0 Å². The zero-order valence-electron chi connectivity index (χ0n) is 9.95. The molecule has 0 amide bonds. The van der Waals surface area contributed by atoms with Crippen molar-refractivity contribution in [2.24, 2.45) is 11.7 Å². The van der Waals surface area contributed by atoms with Crippen LogP contribution in [0.5, 0.6) is 0 Å². The van der Waals surface area contributed by atoms with Crippen LogP contribution in [0.15, 0.2) is 0 Å². The predicted molar refractivity (Wildman–Crippen MR) is 61.8 cm³/mol. The van der Waals surface area contributed by atoms with Crippen molar-refractivity contribution in [2.45, 2.75) is 52.6 Å². The van der Waals surface area contributed by atoms with Gasteiger partial charge in [-0.15, -0.1) is 0 Å². The number of imidazole rings is 1. The van der Waals surface area contributed by atoms with E-state index < -0.39 is 0 Å². The summed E-state index contributed by atoms with van der Waals surface area (Å²) in [5.74, 6) is 1.93. The summed E-state index contributed by atoms with van der Waals surface area (Å²) < 4.78 is 2.39. The fourth-order valence-electron chi connectivity index (χ4n) is 2.36. The first-order valence-corrected chi connectivity index (χ1v) is 5.88. The molecular weight excluding hydrogens is 186 g/mol. The molecule has 1 unspecified atom stereocenters. The van der Waals surface area contributed by atoms with Gasteiger partial charge in [0.05, 0.1) is 5.69 Å². The topological polar surface area (TPSA) is 43.8 Å². The number of fused-ring (bicyclic) bond motifs is 1. The average molecular weight is 207 g/mol. The SMILES string of the molecule is Cc1nc(CC(C)C)n2c1CC(N)CC2. The molecule has 0 radical (unpaired) electrons.